The van der Waals surface area contributed by atoms with E-state index in [-0.39, 0.29) is 43.6 Å². The zero-order valence-corrected chi connectivity index (χ0v) is 20.8. The normalized spacial score (nSPS) is 18.2. The maximum Gasteiger partial charge on any atom is 0.409 e. The van der Waals surface area contributed by atoms with Gasteiger partial charge < -0.3 is 24.0 Å². The fraction of sp³-hybridized carbons (Fsp3) is 0.652. The predicted molar refractivity (Wildman–Crippen MR) is 125 cm³/mol. The molecule has 0 spiro atoms. The van der Waals surface area contributed by atoms with Crippen LogP contribution in [-0.2, 0) is 24.2 Å². The summed E-state index contributed by atoms with van der Waals surface area (Å²) < 4.78 is 42.9. The number of hydrogen-bond acceptors (Lipinski definition) is 7. The van der Waals surface area contributed by atoms with Crippen molar-refractivity contribution in [2.45, 2.75) is 24.7 Å². The van der Waals surface area contributed by atoms with Gasteiger partial charge in [-0.2, -0.15) is 4.31 Å². The molecule has 0 bridgehead atoms. The van der Waals surface area contributed by atoms with Crippen LogP contribution in [0, 0.1) is 5.92 Å². The van der Waals surface area contributed by atoms with Crippen LogP contribution in [0.1, 0.15) is 30.1 Å². The number of sulfonamides is 1. The number of nitrogens with zero attached hydrogens (tertiary/aromatic N) is 3. The van der Waals surface area contributed by atoms with Crippen LogP contribution in [0.3, 0.4) is 0 Å². The smallest absolute Gasteiger partial charge is 0.409 e. The number of carbonyl (C=O) groups is 2. The molecule has 34 heavy (non-hydrogen) atoms. The maximum absolute atomic E-state index is 13.0. The first kappa shape index (κ1) is 26.4. The van der Waals surface area contributed by atoms with Crippen molar-refractivity contribution in [2.24, 2.45) is 5.92 Å². The van der Waals surface area contributed by atoms with Gasteiger partial charge in [-0.25, -0.2) is 13.2 Å². The van der Waals surface area contributed by atoms with E-state index in [0.717, 1.165) is 12.8 Å². The molecule has 0 aliphatic carbocycles. The number of amides is 2. The Kier molecular flexibility index (Phi) is 9.69. The molecule has 2 saturated heterocycles. The van der Waals surface area contributed by atoms with Gasteiger partial charge in [-0.15, -0.1) is 0 Å². The summed E-state index contributed by atoms with van der Waals surface area (Å²) >= 11 is 0. The third-order valence-corrected chi connectivity index (χ3v) is 8.10. The molecule has 2 heterocycles. The van der Waals surface area contributed by atoms with E-state index in [1.54, 1.807) is 26.2 Å². The molecule has 2 aliphatic heterocycles. The van der Waals surface area contributed by atoms with Gasteiger partial charge >= 0.3 is 6.09 Å². The van der Waals surface area contributed by atoms with Crippen LogP contribution in [0.15, 0.2) is 29.2 Å². The lowest BCUT2D eigenvalue weighted by atomic mass is 9.97. The molecular weight excluding hydrogens is 462 g/mol. The van der Waals surface area contributed by atoms with Gasteiger partial charge in [0, 0.05) is 58.5 Å². The number of hydrogen-bond donors (Lipinski definition) is 0. The van der Waals surface area contributed by atoms with Crippen LogP contribution in [-0.4, -0.2) is 107 Å². The molecule has 10 nitrogen and oxygen atoms in total. The van der Waals surface area contributed by atoms with Gasteiger partial charge in [0.2, 0.25) is 10.0 Å². The second kappa shape index (κ2) is 12.5. The lowest BCUT2D eigenvalue weighted by molar-refractivity contribution is 0.0327. The zero-order chi connectivity index (χ0) is 24.6. The van der Waals surface area contributed by atoms with E-state index in [0.29, 0.717) is 44.4 Å². The van der Waals surface area contributed by atoms with Crippen molar-refractivity contribution in [1.29, 1.82) is 0 Å². The number of ether oxygens (including phenoxy) is 3. The van der Waals surface area contributed by atoms with Crippen LogP contribution in [0.2, 0.25) is 0 Å². The molecule has 3 rings (SSSR count). The van der Waals surface area contributed by atoms with E-state index in [9.17, 15) is 18.0 Å². The molecule has 2 fully saturated rings. The van der Waals surface area contributed by atoms with E-state index in [4.69, 9.17) is 14.2 Å². The molecule has 1 aromatic carbocycles. The molecule has 0 aromatic heterocycles. The Morgan fingerprint density at radius 2 is 1.59 bits per heavy atom. The van der Waals surface area contributed by atoms with Crippen molar-refractivity contribution in [3.8, 4) is 0 Å². The Morgan fingerprint density at radius 3 is 2.18 bits per heavy atom. The highest BCUT2D eigenvalue weighted by Gasteiger charge is 2.31. The van der Waals surface area contributed by atoms with Crippen molar-refractivity contribution in [2.75, 3.05) is 72.8 Å². The summed E-state index contributed by atoms with van der Waals surface area (Å²) in [5, 5.41) is 0. The van der Waals surface area contributed by atoms with Crippen molar-refractivity contribution >= 4 is 22.0 Å². The third kappa shape index (κ3) is 6.68. The molecule has 0 unspecified atom stereocenters. The Hall–Kier alpha value is -2.21. The summed E-state index contributed by atoms with van der Waals surface area (Å²) in [6, 6.07) is 6.11. The number of carbonyl (C=O) groups excluding carboxylic acids is 2. The predicted octanol–water partition coefficient (Wildman–Crippen LogP) is 1.66. The summed E-state index contributed by atoms with van der Waals surface area (Å²) in [4.78, 5) is 28.2. The first-order valence-electron chi connectivity index (χ1n) is 11.7. The van der Waals surface area contributed by atoms with E-state index < -0.39 is 16.1 Å². The molecule has 0 N–H and O–H groups in total. The molecule has 0 radical (unpaired) electrons. The number of methoxy groups -OCH3 is 1. The van der Waals surface area contributed by atoms with Crippen molar-refractivity contribution in [3.63, 3.8) is 0 Å². The lowest BCUT2D eigenvalue weighted by Crippen LogP contribution is -2.50. The highest BCUT2D eigenvalue weighted by Crippen LogP contribution is 2.22. The lowest BCUT2D eigenvalue weighted by Gasteiger charge is -2.33. The second-order valence-corrected chi connectivity index (χ2v) is 10.4. The van der Waals surface area contributed by atoms with Gasteiger partial charge in [-0.1, -0.05) is 0 Å². The van der Waals surface area contributed by atoms with Crippen LogP contribution >= 0.6 is 0 Å². The molecule has 1 aromatic rings. The van der Waals surface area contributed by atoms with E-state index in [1.165, 1.54) is 21.3 Å². The van der Waals surface area contributed by atoms with E-state index in [2.05, 4.69) is 0 Å². The van der Waals surface area contributed by atoms with Crippen molar-refractivity contribution in [3.05, 3.63) is 29.8 Å². The molecule has 2 aliphatic rings. The van der Waals surface area contributed by atoms with Gasteiger partial charge in [-0.05, 0) is 49.9 Å². The Morgan fingerprint density at radius 1 is 0.941 bits per heavy atom. The quantitative estimate of drug-likeness (QED) is 0.478. The van der Waals surface area contributed by atoms with Gasteiger partial charge in [0.25, 0.3) is 5.91 Å². The number of piperazine rings is 1. The molecule has 0 atom stereocenters. The Bertz CT molecular complexity index is 907. The third-order valence-electron chi connectivity index (χ3n) is 6.19. The zero-order valence-electron chi connectivity index (χ0n) is 20.0. The largest absolute Gasteiger partial charge is 0.450 e. The van der Waals surface area contributed by atoms with Crippen LogP contribution in [0.4, 0.5) is 4.79 Å². The molecule has 190 valence electrons. The van der Waals surface area contributed by atoms with Gasteiger partial charge in [-0.3, -0.25) is 4.79 Å². The van der Waals surface area contributed by atoms with Crippen LogP contribution < -0.4 is 0 Å². The highest BCUT2D eigenvalue weighted by molar-refractivity contribution is 7.89. The monoisotopic (exact) mass is 497 g/mol. The van der Waals surface area contributed by atoms with Crippen LogP contribution in [0.25, 0.3) is 0 Å². The summed E-state index contributed by atoms with van der Waals surface area (Å²) in [7, 11) is -2.06. The fourth-order valence-corrected chi connectivity index (χ4v) is 5.54. The molecular formula is C23H35N3O7S. The van der Waals surface area contributed by atoms with Gasteiger partial charge in [0.05, 0.1) is 24.7 Å². The number of likely N-dealkylation sites (tertiary alicyclic amines) is 1. The molecule has 0 saturated carbocycles. The highest BCUT2D eigenvalue weighted by atomic mass is 32.2. The second-order valence-electron chi connectivity index (χ2n) is 8.42. The number of rotatable bonds is 9. The average Bonchev–Trinajstić information content (AvgIpc) is 2.87. The summed E-state index contributed by atoms with van der Waals surface area (Å²) in [5.74, 6) is 0.337. The van der Waals surface area contributed by atoms with E-state index in [1.807, 2.05) is 4.90 Å². The summed E-state index contributed by atoms with van der Waals surface area (Å²) in [6.45, 7) is 6.11. The number of piperidine rings is 1. The summed E-state index contributed by atoms with van der Waals surface area (Å²) in [6.07, 6.45) is 1.33. The van der Waals surface area contributed by atoms with E-state index >= 15 is 0 Å². The molecule has 11 heteroatoms. The average molecular weight is 498 g/mol. The first-order valence-corrected chi connectivity index (χ1v) is 13.2. The van der Waals surface area contributed by atoms with Crippen molar-refractivity contribution in [1.82, 2.24) is 14.1 Å². The Labute approximate surface area is 201 Å². The standard InChI is InChI=1S/C23H35N3O7S/c1-3-33-23(28)25-12-14-26(15-13-25)34(29,30)21-6-4-20(5-7-21)22(27)24-10-8-19(9-11-24)18-32-17-16-31-2/h4-7,19H,3,8-18H2,1-2H3. The van der Waals surface area contributed by atoms with Gasteiger partial charge in [0.1, 0.15) is 0 Å². The fourth-order valence-electron chi connectivity index (χ4n) is 4.12. The topological polar surface area (TPSA) is 106 Å². The minimum atomic E-state index is -3.70. The Balaban J connectivity index is 1.51. The minimum Gasteiger partial charge on any atom is -0.450 e. The SMILES string of the molecule is CCOC(=O)N1CCN(S(=O)(=O)c2ccc(C(=O)N3CCC(COCCOC)CC3)cc2)CC1. The minimum absolute atomic E-state index is 0.0919. The van der Waals surface area contributed by atoms with Crippen molar-refractivity contribution < 1.29 is 32.2 Å². The van der Waals surface area contributed by atoms with Gasteiger partial charge in [0.15, 0.2) is 0 Å². The molecule has 2 amide bonds. The first-order chi connectivity index (χ1) is 16.4. The van der Waals surface area contributed by atoms with Crippen LogP contribution in [0.5, 0.6) is 0 Å². The number of benzene rings is 1. The summed E-state index contributed by atoms with van der Waals surface area (Å²) in [5.41, 5.74) is 0.473. The maximum atomic E-state index is 13.0.